The highest BCUT2D eigenvalue weighted by atomic mass is 16.5. The molecule has 1 N–H and O–H groups in total. The van der Waals surface area contributed by atoms with E-state index in [-0.39, 0.29) is 6.10 Å². The van der Waals surface area contributed by atoms with Crippen molar-refractivity contribution in [3.05, 3.63) is 48.3 Å². The first-order valence-electron chi connectivity index (χ1n) is 7.96. The third kappa shape index (κ3) is 2.67. The highest BCUT2D eigenvalue weighted by Gasteiger charge is 2.34. The van der Waals surface area contributed by atoms with Gasteiger partial charge in [-0.3, -0.25) is 0 Å². The van der Waals surface area contributed by atoms with Gasteiger partial charge in [0.25, 0.3) is 0 Å². The molecule has 3 heterocycles. The topological polar surface area (TPSA) is 48.3 Å². The van der Waals surface area contributed by atoms with Crippen molar-refractivity contribution in [3.63, 3.8) is 0 Å². The molecular formula is C17H21N3O2. The van der Waals surface area contributed by atoms with Crippen LogP contribution in [0.4, 0.5) is 0 Å². The largest absolute Gasteiger partial charge is 0.380 e. The number of nitrogens with zero attached hydrogens (tertiary/aromatic N) is 2. The van der Waals surface area contributed by atoms with Crippen molar-refractivity contribution in [2.24, 2.45) is 0 Å². The maximum atomic E-state index is 6.02. The molecular weight excluding hydrogens is 278 g/mol. The zero-order chi connectivity index (χ0) is 14.8. The minimum Gasteiger partial charge on any atom is -0.380 e. The van der Waals surface area contributed by atoms with Crippen molar-refractivity contribution < 1.29 is 9.47 Å². The maximum Gasteiger partial charge on any atom is 0.115 e. The van der Waals surface area contributed by atoms with E-state index < -0.39 is 0 Å². The van der Waals surface area contributed by atoms with Crippen LogP contribution in [0.2, 0.25) is 0 Å². The number of hydrogen-bond acceptors (Lipinski definition) is 4. The lowest BCUT2D eigenvalue weighted by Crippen LogP contribution is -2.40. The molecule has 0 saturated carbocycles. The Morgan fingerprint density at radius 2 is 2.00 bits per heavy atom. The molecule has 5 nitrogen and oxygen atoms in total. The van der Waals surface area contributed by atoms with Gasteiger partial charge in [-0.2, -0.15) is 5.10 Å². The maximum absolute atomic E-state index is 6.02. The van der Waals surface area contributed by atoms with Crippen molar-refractivity contribution in [1.29, 1.82) is 0 Å². The molecule has 2 saturated heterocycles. The molecule has 3 atom stereocenters. The molecule has 0 radical (unpaired) electrons. The van der Waals surface area contributed by atoms with E-state index in [0.717, 1.165) is 44.0 Å². The van der Waals surface area contributed by atoms with Gasteiger partial charge in [0.2, 0.25) is 0 Å². The molecule has 0 spiro atoms. The molecule has 0 aliphatic carbocycles. The predicted molar refractivity (Wildman–Crippen MR) is 83.0 cm³/mol. The Morgan fingerprint density at radius 1 is 1.09 bits per heavy atom. The molecule has 2 fully saturated rings. The van der Waals surface area contributed by atoms with Crippen LogP contribution in [0.15, 0.2) is 42.6 Å². The minimum atomic E-state index is 0.0447. The zero-order valence-electron chi connectivity index (χ0n) is 12.5. The van der Waals surface area contributed by atoms with Crippen LogP contribution in [-0.2, 0) is 9.47 Å². The number of para-hydroxylation sites is 1. The van der Waals surface area contributed by atoms with Crippen LogP contribution in [0, 0.1) is 0 Å². The average molecular weight is 299 g/mol. The van der Waals surface area contributed by atoms with Crippen molar-refractivity contribution in [1.82, 2.24) is 15.1 Å². The lowest BCUT2D eigenvalue weighted by molar-refractivity contribution is 0.0901. The van der Waals surface area contributed by atoms with Crippen LogP contribution in [0.3, 0.4) is 0 Å². The number of aromatic nitrogens is 2. The molecule has 0 unspecified atom stereocenters. The normalized spacial score (nSPS) is 28.3. The molecule has 4 rings (SSSR count). The van der Waals surface area contributed by atoms with Gasteiger partial charge in [0.05, 0.1) is 18.0 Å². The summed E-state index contributed by atoms with van der Waals surface area (Å²) in [5, 5.41) is 8.19. The van der Waals surface area contributed by atoms with Gasteiger partial charge in [-0.25, -0.2) is 4.68 Å². The summed E-state index contributed by atoms with van der Waals surface area (Å²) in [6.07, 6.45) is 4.01. The van der Waals surface area contributed by atoms with E-state index in [0.29, 0.717) is 12.1 Å². The Hall–Kier alpha value is -1.69. The van der Waals surface area contributed by atoms with Crippen molar-refractivity contribution in [3.8, 4) is 5.69 Å². The number of rotatable bonds is 4. The molecule has 1 aromatic carbocycles. The van der Waals surface area contributed by atoms with Crippen LogP contribution in [-0.4, -0.2) is 41.7 Å². The Kier molecular flexibility index (Phi) is 3.93. The summed E-state index contributed by atoms with van der Waals surface area (Å²) in [6, 6.07) is 13.0. The first kappa shape index (κ1) is 13.9. The molecule has 0 amide bonds. The number of nitrogens with one attached hydrogen (secondary N) is 1. The molecule has 0 bridgehead atoms. The van der Waals surface area contributed by atoms with E-state index in [4.69, 9.17) is 9.47 Å². The monoisotopic (exact) mass is 299 g/mol. The molecule has 2 aromatic rings. The number of ether oxygens (including phenoxy) is 2. The summed E-state index contributed by atoms with van der Waals surface area (Å²) in [7, 11) is 0. The summed E-state index contributed by atoms with van der Waals surface area (Å²) in [6.45, 7) is 2.45. The Bertz CT molecular complexity index is 607. The van der Waals surface area contributed by atoms with Gasteiger partial charge in [0.1, 0.15) is 6.10 Å². The van der Waals surface area contributed by atoms with Crippen LogP contribution < -0.4 is 5.32 Å². The summed E-state index contributed by atoms with van der Waals surface area (Å²) >= 11 is 0. The van der Waals surface area contributed by atoms with Gasteiger partial charge in [0.15, 0.2) is 0 Å². The van der Waals surface area contributed by atoms with E-state index >= 15 is 0 Å². The Morgan fingerprint density at radius 3 is 2.82 bits per heavy atom. The van der Waals surface area contributed by atoms with Gasteiger partial charge >= 0.3 is 0 Å². The fourth-order valence-corrected chi connectivity index (χ4v) is 3.33. The van der Waals surface area contributed by atoms with Crippen molar-refractivity contribution in [2.45, 2.75) is 31.0 Å². The second-order valence-corrected chi connectivity index (χ2v) is 5.92. The third-order valence-electron chi connectivity index (χ3n) is 4.44. The van der Waals surface area contributed by atoms with Crippen molar-refractivity contribution >= 4 is 0 Å². The summed E-state index contributed by atoms with van der Waals surface area (Å²) in [4.78, 5) is 0. The smallest absolute Gasteiger partial charge is 0.115 e. The van der Waals surface area contributed by atoms with Crippen molar-refractivity contribution in [2.75, 3.05) is 19.8 Å². The summed E-state index contributed by atoms with van der Waals surface area (Å²) in [5.74, 6) is 0. The van der Waals surface area contributed by atoms with E-state index in [9.17, 15) is 0 Å². The average Bonchev–Trinajstić information content (AvgIpc) is 3.29. The van der Waals surface area contributed by atoms with Gasteiger partial charge < -0.3 is 14.8 Å². The Balaban J connectivity index is 1.57. The second-order valence-electron chi connectivity index (χ2n) is 5.92. The van der Waals surface area contributed by atoms with Gasteiger partial charge in [-0.05, 0) is 31.0 Å². The van der Waals surface area contributed by atoms with Crippen LogP contribution in [0.1, 0.15) is 24.6 Å². The number of benzene rings is 1. The third-order valence-corrected chi connectivity index (χ3v) is 4.44. The highest BCUT2D eigenvalue weighted by Crippen LogP contribution is 2.31. The molecule has 2 aliphatic heterocycles. The Labute approximate surface area is 130 Å². The van der Waals surface area contributed by atoms with Gasteiger partial charge in [-0.15, -0.1) is 0 Å². The van der Waals surface area contributed by atoms with E-state index in [2.05, 4.69) is 28.6 Å². The van der Waals surface area contributed by atoms with Crippen LogP contribution in [0.5, 0.6) is 0 Å². The molecule has 116 valence electrons. The first-order valence-corrected chi connectivity index (χ1v) is 7.96. The quantitative estimate of drug-likeness (QED) is 0.939. The molecule has 1 aromatic heterocycles. The SMILES string of the molecule is c1ccc(-n2nccc2[C@H]2OCC[C@@H]2N[C@@H]2CCOC2)cc1. The van der Waals surface area contributed by atoms with E-state index in [1.807, 2.05) is 29.1 Å². The first-order chi connectivity index (χ1) is 10.9. The van der Waals surface area contributed by atoms with E-state index in [1.54, 1.807) is 0 Å². The van der Waals surface area contributed by atoms with Crippen LogP contribution in [0.25, 0.3) is 5.69 Å². The molecule has 2 aliphatic rings. The predicted octanol–water partition coefficient (Wildman–Crippen LogP) is 2.08. The van der Waals surface area contributed by atoms with Crippen LogP contribution >= 0.6 is 0 Å². The highest BCUT2D eigenvalue weighted by molar-refractivity contribution is 5.33. The number of hydrogen-bond donors (Lipinski definition) is 1. The molecule has 22 heavy (non-hydrogen) atoms. The van der Waals surface area contributed by atoms with Gasteiger partial charge in [0, 0.05) is 31.5 Å². The minimum absolute atomic E-state index is 0.0447. The zero-order valence-corrected chi connectivity index (χ0v) is 12.5. The lowest BCUT2D eigenvalue weighted by atomic mass is 10.1. The summed E-state index contributed by atoms with van der Waals surface area (Å²) < 4.78 is 13.5. The summed E-state index contributed by atoms with van der Waals surface area (Å²) in [5.41, 5.74) is 2.18. The lowest BCUT2D eigenvalue weighted by Gasteiger charge is -2.23. The van der Waals surface area contributed by atoms with E-state index in [1.165, 1.54) is 0 Å². The van der Waals surface area contributed by atoms with Gasteiger partial charge in [-0.1, -0.05) is 18.2 Å². The fourth-order valence-electron chi connectivity index (χ4n) is 3.33. The second kappa shape index (κ2) is 6.20. The standard InChI is InChI=1S/C17H21N3O2/c1-2-4-14(5-3-1)20-16(6-9-18-20)17-15(8-11-22-17)19-13-7-10-21-12-13/h1-6,9,13,15,17,19H,7-8,10-12H2/t13-,15+,17+/m1/s1. The fraction of sp³-hybridized carbons (Fsp3) is 0.471. The molecule has 5 heteroatoms.